The molecule has 0 aliphatic heterocycles. The molecule has 0 aliphatic carbocycles. The van der Waals surface area contributed by atoms with Crippen LogP contribution in [0, 0.1) is 0 Å². The molecule has 0 fully saturated rings. The van der Waals surface area contributed by atoms with E-state index in [1.807, 2.05) is 87.0 Å². The molecule has 3 rings (SSSR count). The first-order valence-electron chi connectivity index (χ1n) is 10.1. The van der Waals surface area contributed by atoms with Crippen LogP contribution in [-0.2, 0) is 18.3 Å². The Balaban J connectivity index is 2.03. The average molecular weight is 483 g/mol. The van der Waals surface area contributed by atoms with Gasteiger partial charge in [-0.1, -0.05) is 0 Å². The van der Waals surface area contributed by atoms with Gasteiger partial charge in [-0.15, -0.1) is 0 Å². The third-order valence-electron chi connectivity index (χ3n) is 4.71. The molecular formula is C25H28N2O3Se. The molecule has 2 aromatic carbocycles. The number of rotatable bonds is 7. The molecule has 0 aliphatic rings. The zero-order valence-electron chi connectivity index (χ0n) is 18.4. The number of fused-ring (bicyclic) bond motifs is 1. The summed E-state index contributed by atoms with van der Waals surface area (Å²) in [5.41, 5.74) is 1.84. The van der Waals surface area contributed by atoms with E-state index in [2.05, 4.69) is 6.58 Å². The summed E-state index contributed by atoms with van der Waals surface area (Å²) in [6.07, 6.45) is 1.25. The van der Waals surface area contributed by atoms with E-state index in [0.29, 0.717) is 12.2 Å². The number of benzene rings is 2. The molecule has 5 nitrogen and oxygen atoms in total. The Morgan fingerprint density at radius 2 is 1.74 bits per heavy atom. The quantitative estimate of drug-likeness (QED) is 0.373. The Bertz CT molecular complexity index is 1100. The number of carbonyl (C=O) groups excluding carboxylic acids is 2. The molecular weight excluding hydrogens is 455 g/mol. The van der Waals surface area contributed by atoms with Crippen LogP contribution in [0.4, 0.5) is 4.79 Å². The Kier molecular flexibility index (Phi) is 7.04. The van der Waals surface area contributed by atoms with E-state index in [4.69, 9.17) is 4.74 Å². The molecule has 1 aromatic heterocycles. The third-order valence-corrected chi connectivity index (χ3v) is 6.57. The molecule has 6 heteroatoms. The zero-order valence-corrected chi connectivity index (χ0v) is 20.1. The summed E-state index contributed by atoms with van der Waals surface area (Å²) in [5.74, 6) is 0. The third kappa shape index (κ3) is 5.46. The molecule has 1 amide bonds. The van der Waals surface area contributed by atoms with Gasteiger partial charge in [-0.3, -0.25) is 0 Å². The van der Waals surface area contributed by atoms with E-state index in [1.165, 1.54) is 0 Å². The number of aromatic nitrogens is 1. The number of amides is 1. The molecule has 0 atom stereocenters. The monoisotopic (exact) mass is 484 g/mol. The van der Waals surface area contributed by atoms with Gasteiger partial charge in [0.2, 0.25) is 0 Å². The van der Waals surface area contributed by atoms with Crippen molar-refractivity contribution >= 4 is 41.1 Å². The first-order chi connectivity index (χ1) is 14.7. The summed E-state index contributed by atoms with van der Waals surface area (Å²) in [4.78, 5) is 27.8. The standard InChI is InChI=1S/C25H28N2O3Se/c1-6-16-27(24(29)30-25(2,3)4)17-20-19-14-10-11-15-21(19)26(5)22(20)23(28)31-18-12-8-7-9-13-18/h6-15H,1,16-17H2,2-5H3. The van der Waals surface area contributed by atoms with Gasteiger partial charge in [-0.05, 0) is 0 Å². The summed E-state index contributed by atoms with van der Waals surface area (Å²) < 4.78 is 8.63. The first-order valence-corrected chi connectivity index (χ1v) is 11.8. The van der Waals surface area contributed by atoms with Crippen molar-refractivity contribution < 1.29 is 14.3 Å². The van der Waals surface area contributed by atoms with E-state index < -0.39 is 11.7 Å². The van der Waals surface area contributed by atoms with Gasteiger partial charge in [0.25, 0.3) is 0 Å². The Labute approximate surface area is 189 Å². The van der Waals surface area contributed by atoms with Gasteiger partial charge in [-0.2, -0.15) is 0 Å². The summed E-state index contributed by atoms with van der Waals surface area (Å²) in [6, 6.07) is 17.7. The van der Waals surface area contributed by atoms with E-state index in [1.54, 1.807) is 11.0 Å². The molecule has 162 valence electrons. The fraction of sp³-hybridized carbons (Fsp3) is 0.280. The van der Waals surface area contributed by atoms with Crippen molar-refractivity contribution in [2.75, 3.05) is 6.54 Å². The summed E-state index contributed by atoms with van der Waals surface area (Å²) in [5, 5.41) is 0.967. The van der Waals surface area contributed by atoms with E-state index in [9.17, 15) is 9.59 Å². The maximum absolute atomic E-state index is 13.4. The van der Waals surface area contributed by atoms with Crippen molar-refractivity contribution in [3.63, 3.8) is 0 Å². The molecule has 31 heavy (non-hydrogen) atoms. The van der Waals surface area contributed by atoms with Crippen LogP contribution in [0.1, 0.15) is 36.8 Å². The van der Waals surface area contributed by atoms with Crippen LogP contribution >= 0.6 is 0 Å². The predicted octanol–water partition coefficient (Wildman–Crippen LogP) is 4.27. The van der Waals surface area contributed by atoms with Crippen molar-refractivity contribution in [2.24, 2.45) is 7.05 Å². The van der Waals surface area contributed by atoms with Crippen molar-refractivity contribution in [1.29, 1.82) is 0 Å². The molecule has 0 saturated heterocycles. The summed E-state index contributed by atoms with van der Waals surface area (Å²) >= 11 is -0.368. The van der Waals surface area contributed by atoms with Crippen LogP contribution in [0.25, 0.3) is 10.9 Å². The number of hydrogen-bond acceptors (Lipinski definition) is 3. The zero-order chi connectivity index (χ0) is 22.6. The molecule has 0 radical (unpaired) electrons. The number of hydrogen-bond donors (Lipinski definition) is 0. The summed E-state index contributed by atoms with van der Waals surface area (Å²) in [7, 11) is 1.91. The molecule has 0 saturated carbocycles. The molecule has 0 unspecified atom stereocenters. The predicted molar refractivity (Wildman–Crippen MR) is 126 cm³/mol. The van der Waals surface area contributed by atoms with Gasteiger partial charge in [0, 0.05) is 0 Å². The topological polar surface area (TPSA) is 51.5 Å². The maximum atomic E-state index is 13.4. The minimum atomic E-state index is -0.607. The first kappa shape index (κ1) is 22.9. The van der Waals surface area contributed by atoms with Gasteiger partial charge in [-0.25, -0.2) is 0 Å². The van der Waals surface area contributed by atoms with Crippen molar-refractivity contribution in [3.8, 4) is 0 Å². The Morgan fingerprint density at radius 1 is 1.10 bits per heavy atom. The second-order valence-electron chi connectivity index (χ2n) is 8.26. The number of carbonyl (C=O) groups is 2. The SMILES string of the molecule is C=CCN(Cc1c(C(=O)[Se]c2ccccc2)n(C)c2ccccc12)C(=O)OC(C)(C)C. The van der Waals surface area contributed by atoms with Gasteiger partial charge in [0.05, 0.1) is 0 Å². The van der Waals surface area contributed by atoms with Crippen LogP contribution in [0.15, 0.2) is 67.3 Å². The van der Waals surface area contributed by atoms with E-state index in [0.717, 1.165) is 20.9 Å². The average Bonchev–Trinajstić information content (AvgIpc) is 2.99. The Morgan fingerprint density at radius 3 is 2.39 bits per heavy atom. The number of nitrogens with zero attached hydrogens (tertiary/aromatic N) is 2. The van der Waals surface area contributed by atoms with Crippen LogP contribution in [0.2, 0.25) is 0 Å². The van der Waals surface area contributed by atoms with Crippen molar-refractivity contribution in [2.45, 2.75) is 32.9 Å². The van der Waals surface area contributed by atoms with Crippen molar-refractivity contribution in [3.05, 3.63) is 78.5 Å². The number of ether oxygens (including phenoxy) is 1. The summed E-state index contributed by atoms with van der Waals surface area (Å²) in [6.45, 7) is 9.90. The molecule has 3 aromatic rings. The normalized spacial score (nSPS) is 11.4. The van der Waals surface area contributed by atoms with Gasteiger partial charge < -0.3 is 0 Å². The fourth-order valence-electron chi connectivity index (χ4n) is 3.41. The molecule has 0 spiro atoms. The molecule has 0 bridgehead atoms. The van der Waals surface area contributed by atoms with Crippen LogP contribution in [-0.4, -0.2) is 47.3 Å². The fourth-order valence-corrected chi connectivity index (χ4v) is 5.23. The van der Waals surface area contributed by atoms with Gasteiger partial charge in [0.1, 0.15) is 0 Å². The second-order valence-corrected chi connectivity index (χ2v) is 10.5. The van der Waals surface area contributed by atoms with Gasteiger partial charge in [0.15, 0.2) is 0 Å². The molecule has 0 N–H and O–H groups in total. The Hall–Kier alpha value is -2.82. The molecule has 1 heterocycles. The number of aryl methyl sites for hydroxylation is 1. The second kappa shape index (κ2) is 9.54. The van der Waals surface area contributed by atoms with Gasteiger partial charge >= 0.3 is 190 Å². The van der Waals surface area contributed by atoms with Crippen LogP contribution in [0.5, 0.6) is 0 Å². The van der Waals surface area contributed by atoms with Crippen LogP contribution in [0.3, 0.4) is 0 Å². The van der Waals surface area contributed by atoms with E-state index >= 15 is 0 Å². The minimum absolute atomic E-state index is 0.0788. The van der Waals surface area contributed by atoms with Crippen molar-refractivity contribution in [1.82, 2.24) is 9.47 Å². The van der Waals surface area contributed by atoms with Crippen LogP contribution < -0.4 is 4.46 Å². The van der Waals surface area contributed by atoms with E-state index in [-0.39, 0.29) is 26.2 Å². The number of para-hydroxylation sites is 1.